The summed E-state index contributed by atoms with van der Waals surface area (Å²) in [5, 5.41) is 1.92. The fraction of sp³-hybridized carbons (Fsp3) is 0.105. The number of hydrazine groups is 1. The van der Waals surface area contributed by atoms with Crippen LogP contribution >= 0.6 is 22.9 Å². The number of nitrogens with one attached hydrogen (secondary N) is 1. The highest BCUT2D eigenvalue weighted by Crippen LogP contribution is 2.21. The lowest BCUT2D eigenvalue weighted by Crippen LogP contribution is -2.40. The van der Waals surface area contributed by atoms with E-state index in [1.54, 1.807) is 12.1 Å². The summed E-state index contributed by atoms with van der Waals surface area (Å²) < 4.78 is 0.609. The Labute approximate surface area is 150 Å². The van der Waals surface area contributed by atoms with Crippen molar-refractivity contribution in [3.05, 3.63) is 93.1 Å². The predicted molar refractivity (Wildman–Crippen MR) is 98.9 cm³/mol. The van der Waals surface area contributed by atoms with Crippen molar-refractivity contribution in [2.24, 2.45) is 0 Å². The van der Waals surface area contributed by atoms with E-state index in [1.165, 1.54) is 11.3 Å². The number of thiophene rings is 1. The van der Waals surface area contributed by atoms with Crippen molar-refractivity contribution >= 4 is 28.8 Å². The summed E-state index contributed by atoms with van der Waals surface area (Å²) in [5.41, 5.74) is 5.26. The van der Waals surface area contributed by atoms with Crippen LogP contribution in [-0.2, 0) is 13.1 Å². The molecule has 0 saturated carbocycles. The summed E-state index contributed by atoms with van der Waals surface area (Å²) in [6.45, 7) is 1.25. The van der Waals surface area contributed by atoms with Gasteiger partial charge in [-0.3, -0.25) is 10.2 Å². The van der Waals surface area contributed by atoms with Gasteiger partial charge in [-0.2, -0.15) is 0 Å². The van der Waals surface area contributed by atoms with Crippen LogP contribution in [0.15, 0.2) is 72.8 Å². The third-order valence-corrected chi connectivity index (χ3v) is 4.72. The summed E-state index contributed by atoms with van der Waals surface area (Å²) in [5.74, 6) is -0.140. The number of amides is 1. The van der Waals surface area contributed by atoms with Gasteiger partial charge in [-0.1, -0.05) is 72.3 Å². The second-order valence-corrected chi connectivity index (χ2v) is 7.09. The third kappa shape index (κ3) is 4.68. The smallest absolute Gasteiger partial charge is 0.275 e. The second-order valence-electron chi connectivity index (χ2n) is 5.37. The second kappa shape index (κ2) is 8.11. The topological polar surface area (TPSA) is 32.3 Å². The van der Waals surface area contributed by atoms with E-state index in [0.29, 0.717) is 22.3 Å². The summed E-state index contributed by atoms with van der Waals surface area (Å²) in [6.07, 6.45) is 0. The lowest BCUT2D eigenvalue weighted by Gasteiger charge is -2.23. The van der Waals surface area contributed by atoms with Gasteiger partial charge in [0.25, 0.3) is 5.91 Å². The van der Waals surface area contributed by atoms with Gasteiger partial charge in [-0.05, 0) is 23.3 Å². The standard InChI is InChI=1S/C19H17ClN2OS/c20-18-12-11-17(24-18)19(23)21-22(13-15-7-3-1-4-8-15)14-16-9-5-2-6-10-16/h1-12H,13-14H2,(H,21,23). The van der Waals surface area contributed by atoms with Crippen LogP contribution in [0.4, 0.5) is 0 Å². The molecule has 1 amide bonds. The van der Waals surface area contributed by atoms with Crippen LogP contribution in [0.1, 0.15) is 20.8 Å². The monoisotopic (exact) mass is 356 g/mol. The molecule has 0 fully saturated rings. The Kier molecular flexibility index (Phi) is 5.64. The van der Waals surface area contributed by atoms with Crippen molar-refractivity contribution in [2.45, 2.75) is 13.1 Å². The zero-order valence-corrected chi connectivity index (χ0v) is 14.6. The molecule has 0 aliphatic heterocycles. The quantitative estimate of drug-likeness (QED) is 0.646. The van der Waals surface area contributed by atoms with Crippen LogP contribution in [0.5, 0.6) is 0 Å². The lowest BCUT2D eigenvalue weighted by molar-refractivity contribution is 0.0763. The normalized spacial score (nSPS) is 10.8. The van der Waals surface area contributed by atoms with Gasteiger partial charge in [-0.15, -0.1) is 11.3 Å². The number of hydrogen-bond donors (Lipinski definition) is 1. The fourth-order valence-corrected chi connectivity index (χ4v) is 3.31. The van der Waals surface area contributed by atoms with Gasteiger partial charge < -0.3 is 0 Å². The summed E-state index contributed by atoms with van der Waals surface area (Å²) in [4.78, 5) is 13.1. The van der Waals surface area contributed by atoms with Crippen LogP contribution in [0.2, 0.25) is 4.34 Å². The minimum absolute atomic E-state index is 0.140. The van der Waals surface area contributed by atoms with Crippen LogP contribution in [0.25, 0.3) is 0 Å². The van der Waals surface area contributed by atoms with Crippen molar-refractivity contribution in [2.75, 3.05) is 0 Å². The molecule has 24 heavy (non-hydrogen) atoms. The lowest BCUT2D eigenvalue weighted by atomic mass is 10.2. The number of rotatable bonds is 6. The molecule has 0 bridgehead atoms. The Balaban J connectivity index is 1.74. The Morgan fingerprint density at radius 3 is 1.88 bits per heavy atom. The molecule has 0 atom stereocenters. The summed E-state index contributed by atoms with van der Waals surface area (Å²) in [7, 11) is 0. The molecular formula is C19H17ClN2OS. The van der Waals surface area contributed by atoms with Gasteiger partial charge in [0.2, 0.25) is 0 Å². The van der Waals surface area contributed by atoms with Gasteiger partial charge in [0, 0.05) is 13.1 Å². The van der Waals surface area contributed by atoms with Crippen molar-refractivity contribution in [1.29, 1.82) is 0 Å². The predicted octanol–water partition coefficient (Wildman–Crippen LogP) is 4.75. The highest BCUT2D eigenvalue weighted by Gasteiger charge is 2.14. The minimum atomic E-state index is -0.140. The van der Waals surface area contributed by atoms with Crippen LogP contribution in [-0.4, -0.2) is 10.9 Å². The molecule has 5 heteroatoms. The molecule has 1 N–H and O–H groups in total. The highest BCUT2D eigenvalue weighted by atomic mass is 35.5. The van der Waals surface area contributed by atoms with Crippen molar-refractivity contribution in [3.8, 4) is 0 Å². The van der Waals surface area contributed by atoms with E-state index in [1.807, 2.05) is 65.7 Å². The average Bonchev–Trinajstić information content (AvgIpc) is 3.03. The zero-order valence-electron chi connectivity index (χ0n) is 13.0. The minimum Gasteiger partial charge on any atom is -0.283 e. The number of hydrogen-bond acceptors (Lipinski definition) is 3. The molecule has 3 rings (SSSR count). The summed E-state index contributed by atoms with van der Waals surface area (Å²) >= 11 is 7.20. The molecule has 2 aromatic carbocycles. The fourth-order valence-electron chi connectivity index (χ4n) is 2.38. The largest absolute Gasteiger partial charge is 0.283 e. The van der Waals surface area contributed by atoms with Crippen molar-refractivity contribution in [3.63, 3.8) is 0 Å². The number of benzene rings is 2. The molecule has 0 radical (unpaired) electrons. The molecule has 3 aromatic rings. The third-order valence-electron chi connectivity index (χ3n) is 3.49. The highest BCUT2D eigenvalue weighted by molar-refractivity contribution is 7.17. The van der Waals surface area contributed by atoms with Gasteiger partial charge >= 0.3 is 0 Å². The van der Waals surface area contributed by atoms with E-state index < -0.39 is 0 Å². The SMILES string of the molecule is O=C(NN(Cc1ccccc1)Cc1ccccc1)c1ccc(Cl)s1. The molecule has 0 unspecified atom stereocenters. The zero-order chi connectivity index (χ0) is 16.8. The first kappa shape index (κ1) is 16.7. The van der Waals surface area contributed by atoms with E-state index in [2.05, 4.69) is 5.43 Å². The molecule has 122 valence electrons. The Morgan fingerprint density at radius 2 is 1.42 bits per heavy atom. The van der Waals surface area contributed by atoms with E-state index in [9.17, 15) is 4.79 Å². The molecule has 0 spiro atoms. The molecular weight excluding hydrogens is 340 g/mol. The number of halogens is 1. The van der Waals surface area contributed by atoms with Crippen molar-refractivity contribution in [1.82, 2.24) is 10.4 Å². The van der Waals surface area contributed by atoms with Crippen LogP contribution in [0, 0.1) is 0 Å². The number of nitrogens with zero attached hydrogens (tertiary/aromatic N) is 1. The van der Waals surface area contributed by atoms with E-state index in [4.69, 9.17) is 11.6 Å². The van der Waals surface area contributed by atoms with Gasteiger partial charge in [0.1, 0.15) is 0 Å². The number of carbonyl (C=O) groups excluding carboxylic acids is 1. The van der Waals surface area contributed by atoms with E-state index in [0.717, 1.165) is 11.1 Å². The van der Waals surface area contributed by atoms with Gasteiger partial charge in [0.05, 0.1) is 9.21 Å². The molecule has 3 nitrogen and oxygen atoms in total. The van der Waals surface area contributed by atoms with Crippen molar-refractivity contribution < 1.29 is 4.79 Å². The summed E-state index contributed by atoms with van der Waals surface area (Å²) in [6, 6.07) is 23.6. The first-order chi connectivity index (χ1) is 11.7. The van der Waals surface area contributed by atoms with Crippen LogP contribution < -0.4 is 5.43 Å². The molecule has 0 saturated heterocycles. The van der Waals surface area contributed by atoms with E-state index >= 15 is 0 Å². The molecule has 0 aliphatic carbocycles. The van der Waals surface area contributed by atoms with Crippen LogP contribution in [0.3, 0.4) is 0 Å². The van der Waals surface area contributed by atoms with Gasteiger partial charge in [-0.25, -0.2) is 5.01 Å². The maximum atomic E-state index is 12.4. The molecule has 1 aromatic heterocycles. The maximum Gasteiger partial charge on any atom is 0.275 e. The maximum absolute atomic E-state index is 12.4. The van der Waals surface area contributed by atoms with E-state index in [-0.39, 0.29) is 5.91 Å². The Bertz CT molecular complexity index is 748. The number of carbonyl (C=O) groups is 1. The Hall–Kier alpha value is -2.14. The Morgan fingerprint density at radius 1 is 0.875 bits per heavy atom. The van der Waals surface area contributed by atoms with Gasteiger partial charge in [0.15, 0.2) is 0 Å². The average molecular weight is 357 g/mol. The first-order valence-electron chi connectivity index (χ1n) is 7.60. The first-order valence-corrected chi connectivity index (χ1v) is 8.79. The molecule has 0 aliphatic rings. The molecule has 1 heterocycles.